The number of hydrogen-bond donors (Lipinski definition) is 3. The fourth-order valence-corrected chi connectivity index (χ4v) is 3.57. The Morgan fingerprint density at radius 2 is 1.59 bits per heavy atom. The van der Waals surface area contributed by atoms with E-state index in [-0.39, 0.29) is 0 Å². The summed E-state index contributed by atoms with van der Waals surface area (Å²) in [6.45, 7) is 3.44. The van der Waals surface area contributed by atoms with E-state index < -0.39 is 0 Å². The maximum absolute atomic E-state index is 5.42. The van der Waals surface area contributed by atoms with Gasteiger partial charge in [-0.15, -0.1) is 0 Å². The molecule has 2 aromatic rings. The molecule has 27 heavy (non-hydrogen) atoms. The average molecular weight is 369 g/mol. The lowest BCUT2D eigenvalue weighted by molar-refractivity contribution is 0.122. The number of nitrogens with one attached hydrogen (secondary N) is 3. The highest BCUT2D eigenvalue weighted by atomic mass is 16.5. The van der Waals surface area contributed by atoms with Gasteiger partial charge in [0.2, 0.25) is 17.8 Å². The Bertz CT molecular complexity index is 740. The third-order valence-electron chi connectivity index (χ3n) is 5.05. The molecule has 0 unspecified atom stereocenters. The van der Waals surface area contributed by atoms with Crippen molar-refractivity contribution in [1.29, 1.82) is 0 Å². The summed E-state index contributed by atoms with van der Waals surface area (Å²) >= 11 is 0. The topological polar surface area (TPSA) is 87.2 Å². The Kier molecular flexibility index (Phi) is 5.53. The Balaban J connectivity index is 1.45. The summed E-state index contributed by atoms with van der Waals surface area (Å²) in [6, 6.07) is 8.80. The molecule has 2 heterocycles. The quantitative estimate of drug-likeness (QED) is 0.716. The fourth-order valence-electron chi connectivity index (χ4n) is 3.57. The maximum Gasteiger partial charge on any atom is 0.233 e. The van der Waals surface area contributed by atoms with Crippen molar-refractivity contribution in [2.45, 2.75) is 31.7 Å². The SMILES string of the molecule is CNc1nc(Nc2ccc(N3CCOCC3)cc2)nc(NC2CCCC2)n1. The molecule has 0 amide bonds. The van der Waals surface area contributed by atoms with Crippen LogP contribution < -0.4 is 20.9 Å². The summed E-state index contributed by atoms with van der Waals surface area (Å²) in [4.78, 5) is 15.7. The summed E-state index contributed by atoms with van der Waals surface area (Å²) < 4.78 is 5.42. The lowest BCUT2D eigenvalue weighted by atomic mass is 10.2. The Morgan fingerprint density at radius 3 is 2.30 bits per heavy atom. The number of rotatable bonds is 6. The smallest absolute Gasteiger partial charge is 0.233 e. The molecule has 8 nitrogen and oxygen atoms in total. The van der Waals surface area contributed by atoms with E-state index >= 15 is 0 Å². The molecule has 1 aromatic carbocycles. The van der Waals surface area contributed by atoms with E-state index in [4.69, 9.17) is 4.74 Å². The molecular formula is C19H27N7O. The van der Waals surface area contributed by atoms with E-state index in [2.05, 4.69) is 60.1 Å². The molecule has 0 atom stereocenters. The third kappa shape index (κ3) is 4.57. The molecule has 1 aliphatic heterocycles. The van der Waals surface area contributed by atoms with Gasteiger partial charge in [0, 0.05) is 37.6 Å². The lowest BCUT2D eigenvalue weighted by Gasteiger charge is -2.28. The predicted octanol–water partition coefficient (Wildman–Crippen LogP) is 2.85. The first-order valence-corrected chi connectivity index (χ1v) is 9.70. The van der Waals surface area contributed by atoms with Crippen LogP contribution in [-0.2, 0) is 4.74 Å². The average Bonchev–Trinajstić information content (AvgIpc) is 3.22. The Labute approximate surface area is 159 Å². The molecule has 8 heteroatoms. The van der Waals surface area contributed by atoms with Crippen molar-refractivity contribution in [1.82, 2.24) is 15.0 Å². The normalized spacial score (nSPS) is 17.7. The van der Waals surface area contributed by atoms with Gasteiger partial charge in [-0.2, -0.15) is 15.0 Å². The van der Waals surface area contributed by atoms with Crippen molar-refractivity contribution in [2.75, 3.05) is 54.2 Å². The number of anilines is 5. The first-order valence-electron chi connectivity index (χ1n) is 9.70. The van der Waals surface area contributed by atoms with Crippen molar-refractivity contribution in [2.24, 2.45) is 0 Å². The van der Waals surface area contributed by atoms with Crippen LogP contribution in [0.3, 0.4) is 0 Å². The van der Waals surface area contributed by atoms with Crippen LogP contribution >= 0.6 is 0 Å². The fraction of sp³-hybridized carbons (Fsp3) is 0.526. The third-order valence-corrected chi connectivity index (χ3v) is 5.05. The molecular weight excluding hydrogens is 342 g/mol. The van der Waals surface area contributed by atoms with Crippen molar-refractivity contribution in [3.63, 3.8) is 0 Å². The molecule has 0 bridgehead atoms. The minimum atomic E-state index is 0.456. The van der Waals surface area contributed by atoms with E-state index in [1.165, 1.54) is 31.4 Å². The van der Waals surface area contributed by atoms with Crippen LogP contribution in [0.2, 0.25) is 0 Å². The number of hydrogen-bond acceptors (Lipinski definition) is 8. The molecule has 2 aliphatic rings. The van der Waals surface area contributed by atoms with Crippen LogP contribution in [-0.4, -0.2) is 54.3 Å². The molecule has 0 radical (unpaired) electrons. The van der Waals surface area contributed by atoms with Gasteiger partial charge in [0.25, 0.3) is 0 Å². The molecule has 1 aromatic heterocycles. The van der Waals surface area contributed by atoms with Crippen LogP contribution in [0.25, 0.3) is 0 Å². The monoisotopic (exact) mass is 369 g/mol. The highest BCUT2D eigenvalue weighted by molar-refractivity contribution is 5.60. The highest BCUT2D eigenvalue weighted by Gasteiger charge is 2.17. The zero-order chi connectivity index (χ0) is 18.5. The van der Waals surface area contributed by atoms with E-state index in [0.29, 0.717) is 23.9 Å². The summed E-state index contributed by atoms with van der Waals surface area (Å²) in [7, 11) is 1.82. The van der Waals surface area contributed by atoms with E-state index in [1.807, 2.05) is 7.05 Å². The maximum atomic E-state index is 5.42. The second-order valence-corrected chi connectivity index (χ2v) is 6.95. The van der Waals surface area contributed by atoms with Crippen LogP contribution in [0.4, 0.5) is 29.2 Å². The van der Waals surface area contributed by atoms with Gasteiger partial charge >= 0.3 is 0 Å². The van der Waals surface area contributed by atoms with Crippen molar-refractivity contribution >= 4 is 29.2 Å². The van der Waals surface area contributed by atoms with E-state index in [1.54, 1.807) is 0 Å². The first-order chi connectivity index (χ1) is 13.3. The molecule has 3 N–H and O–H groups in total. The first kappa shape index (κ1) is 17.8. The zero-order valence-electron chi connectivity index (χ0n) is 15.7. The molecule has 2 fully saturated rings. The lowest BCUT2D eigenvalue weighted by Crippen LogP contribution is -2.36. The molecule has 144 valence electrons. The van der Waals surface area contributed by atoms with Crippen molar-refractivity contribution < 1.29 is 4.74 Å². The zero-order valence-corrected chi connectivity index (χ0v) is 15.7. The van der Waals surface area contributed by atoms with Gasteiger partial charge < -0.3 is 25.6 Å². The second-order valence-electron chi connectivity index (χ2n) is 6.95. The molecule has 4 rings (SSSR count). The summed E-state index contributed by atoms with van der Waals surface area (Å²) in [5.74, 6) is 1.71. The van der Waals surface area contributed by atoms with Gasteiger partial charge in [-0.3, -0.25) is 0 Å². The van der Waals surface area contributed by atoms with Crippen LogP contribution in [0.15, 0.2) is 24.3 Å². The highest BCUT2D eigenvalue weighted by Crippen LogP contribution is 2.23. The second kappa shape index (κ2) is 8.39. The number of nitrogens with zero attached hydrogens (tertiary/aromatic N) is 4. The Hall–Kier alpha value is -2.61. The van der Waals surface area contributed by atoms with Crippen LogP contribution in [0.1, 0.15) is 25.7 Å². The standard InChI is InChI=1S/C19H27N7O/c1-20-17-23-18(21-14-4-2-3-5-14)25-19(24-17)22-15-6-8-16(9-7-15)26-10-12-27-13-11-26/h6-9,14H,2-5,10-13H2,1H3,(H3,20,21,22,23,24,25). The number of benzene rings is 1. The summed E-state index contributed by atoms with van der Waals surface area (Å²) in [6.07, 6.45) is 4.88. The van der Waals surface area contributed by atoms with Gasteiger partial charge in [0.05, 0.1) is 13.2 Å². The van der Waals surface area contributed by atoms with Crippen LogP contribution in [0, 0.1) is 0 Å². The molecule has 0 spiro atoms. The summed E-state index contributed by atoms with van der Waals surface area (Å²) in [5, 5.41) is 9.73. The minimum absolute atomic E-state index is 0.456. The van der Waals surface area contributed by atoms with Gasteiger partial charge in [0.1, 0.15) is 0 Å². The van der Waals surface area contributed by atoms with Gasteiger partial charge in [-0.1, -0.05) is 12.8 Å². The van der Waals surface area contributed by atoms with Gasteiger partial charge in [-0.05, 0) is 37.1 Å². The van der Waals surface area contributed by atoms with Gasteiger partial charge in [-0.25, -0.2) is 0 Å². The summed E-state index contributed by atoms with van der Waals surface area (Å²) in [5.41, 5.74) is 2.16. The van der Waals surface area contributed by atoms with Crippen molar-refractivity contribution in [3.8, 4) is 0 Å². The van der Waals surface area contributed by atoms with Gasteiger partial charge in [0.15, 0.2) is 0 Å². The predicted molar refractivity (Wildman–Crippen MR) is 108 cm³/mol. The van der Waals surface area contributed by atoms with E-state index in [0.717, 1.165) is 32.0 Å². The number of morpholine rings is 1. The Morgan fingerprint density at radius 1 is 0.926 bits per heavy atom. The minimum Gasteiger partial charge on any atom is -0.378 e. The van der Waals surface area contributed by atoms with E-state index in [9.17, 15) is 0 Å². The molecule has 1 aliphatic carbocycles. The number of ether oxygens (including phenoxy) is 1. The van der Waals surface area contributed by atoms with Crippen LogP contribution in [0.5, 0.6) is 0 Å². The molecule has 1 saturated heterocycles. The largest absolute Gasteiger partial charge is 0.378 e. The van der Waals surface area contributed by atoms with Crippen molar-refractivity contribution in [3.05, 3.63) is 24.3 Å². The number of aromatic nitrogens is 3. The molecule has 1 saturated carbocycles.